The molecule has 0 aliphatic heterocycles. The van der Waals surface area contributed by atoms with Gasteiger partial charge in [-0.15, -0.1) is 0 Å². The van der Waals surface area contributed by atoms with E-state index in [9.17, 15) is 18.0 Å². The first kappa shape index (κ1) is 24.0. The lowest BCUT2D eigenvalue weighted by Gasteiger charge is -2.30. The highest BCUT2D eigenvalue weighted by Crippen LogP contribution is 2.41. The summed E-state index contributed by atoms with van der Waals surface area (Å²) in [4.78, 5) is 34.3. The highest BCUT2D eigenvalue weighted by atomic mass is 19.3. The topological polar surface area (TPSA) is 86.5 Å². The van der Waals surface area contributed by atoms with E-state index in [-0.39, 0.29) is 29.6 Å². The Morgan fingerprint density at radius 2 is 1.72 bits per heavy atom. The molecule has 186 valence electrons. The van der Waals surface area contributed by atoms with E-state index in [0.717, 1.165) is 5.56 Å². The molecule has 10 heteroatoms. The smallest absolute Gasteiger partial charge is 0.282 e. The maximum absolute atomic E-state index is 14.4. The molecule has 7 nitrogen and oxygen atoms in total. The van der Waals surface area contributed by atoms with E-state index < -0.39 is 18.1 Å². The predicted molar refractivity (Wildman–Crippen MR) is 128 cm³/mol. The predicted octanol–water partition coefficient (Wildman–Crippen LogP) is 5.16. The number of halogens is 3. The van der Waals surface area contributed by atoms with Crippen LogP contribution in [0, 0.1) is 19.8 Å². The molecule has 1 saturated carbocycles. The lowest BCUT2D eigenvalue weighted by molar-refractivity contribution is 0.144. The fourth-order valence-electron chi connectivity index (χ4n) is 5.23. The minimum atomic E-state index is -2.82. The number of pyridine rings is 2. The molecule has 0 radical (unpaired) electrons. The Bertz CT molecular complexity index is 1460. The van der Waals surface area contributed by atoms with E-state index in [2.05, 4.69) is 24.9 Å². The zero-order chi connectivity index (χ0) is 25.4. The lowest BCUT2D eigenvalue weighted by Crippen LogP contribution is -2.29. The summed E-state index contributed by atoms with van der Waals surface area (Å²) in [6, 6.07) is 3.57. The van der Waals surface area contributed by atoms with Crippen molar-refractivity contribution >= 4 is 11.2 Å². The van der Waals surface area contributed by atoms with Crippen molar-refractivity contribution in [3.05, 3.63) is 87.0 Å². The van der Waals surface area contributed by atoms with Gasteiger partial charge in [0, 0.05) is 35.9 Å². The first-order chi connectivity index (χ1) is 17.3. The molecular formula is C26H25F3N6O. The summed E-state index contributed by atoms with van der Waals surface area (Å²) in [5.74, 6) is -0.465. The van der Waals surface area contributed by atoms with Crippen molar-refractivity contribution in [2.24, 2.45) is 0 Å². The summed E-state index contributed by atoms with van der Waals surface area (Å²) >= 11 is 0. The first-order valence-corrected chi connectivity index (χ1v) is 11.9. The SMILES string of the molecule is Cc1cnc2cc(C3CCC(c4c(C)ccnc4F)CC3)c(=O)n(Cc3nccnc3C(F)F)c2n1. The highest BCUT2D eigenvalue weighted by Gasteiger charge is 2.29. The maximum atomic E-state index is 14.4. The molecule has 0 bridgehead atoms. The minimum Gasteiger partial charge on any atom is -0.285 e. The quantitative estimate of drug-likeness (QED) is 0.356. The van der Waals surface area contributed by atoms with E-state index in [1.165, 1.54) is 23.2 Å². The van der Waals surface area contributed by atoms with Crippen LogP contribution in [-0.2, 0) is 6.54 Å². The summed E-state index contributed by atoms with van der Waals surface area (Å²) in [5, 5.41) is 0. The average molecular weight is 495 g/mol. The van der Waals surface area contributed by atoms with Crippen LogP contribution in [-0.4, -0.2) is 29.5 Å². The van der Waals surface area contributed by atoms with Crippen LogP contribution >= 0.6 is 0 Å². The molecule has 1 fully saturated rings. The third kappa shape index (κ3) is 4.47. The number of aryl methyl sites for hydroxylation is 2. The van der Waals surface area contributed by atoms with Crippen LogP contribution in [0.5, 0.6) is 0 Å². The number of fused-ring (bicyclic) bond motifs is 1. The zero-order valence-corrected chi connectivity index (χ0v) is 20.0. The van der Waals surface area contributed by atoms with Crippen molar-refractivity contribution in [3.8, 4) is 0 Å². The van der Waals surface area contributed by atoms with Gasteiger partial charge >= 0.3 is 0 Å². The van der Waals surface area contributed by atoms with E-state index in [4.69, 9.17) is 0 Å². The van der Waals surface area contributed by atoms with Crippen molar-refractivity contribution in [1.82, 2.24) is 29.5 Å². The van der Waals surface area contributed by atoms with E-state index in [1.807, 2.05) is 13.0 Å². The van der Waals surface area contributed by atoms with Crippen molar-refractivity contribution in [1.29, 1.82) is 0 Å². The summed E-state index contributed by atoms with van der Waals surface area (Å²) in [7, 11) is 0. The highest BCUT2D eigenvalue weighted by molar-refractivity contribution is 5.71. The van der Waals surface area contributed by atoms with Gasteiger partial charge in [-0.2, -0.15) is 4.39 Å². The summed E-state index contributed by atoms with van der Waals surface area (Å²) in [6.45, 7) is 3.45. The molecule has 5 rings (SSSR count). The Morgan fingerprint density at radius 3 is 2.44 bits per heavy atom. The Kier molecular flexibility index (Phi) is 6.51. The van der Waals surface area contributed by atoms with Crippen LogP contribution in [0.2, 0.25) is 0 Å². The van der Waals surface area contributed by atoms with Crippen molar-refractivity contribution in [2.75, 3.05) is 0 Å². The van der Waals surface area contributed by atoms with Crippen LogP contribution < -0.4 is 5.56 Å². The van der Waals surface area contributed by atoms with Crippen molar-refractivity contribution < 1.29 is 13.2 Å². The number of hydrogen-bond donors (Lipinski definition) is 0. The van der Waals surface area contributed by atoms with Gasteiger partial charge in [-0.3, -0.25) is 24.3 Å². The zero-order valence-electron chi connectivity index (χ0n) is 20.0. The second-order valence-electron chi connectivity index (χ2n) is 9.28. The molecular weight excluding hydrogens is 469 g/mol. The van der Waals surface area contributed by atoms with Gasteiger partial charge in [-0.05, 0) is 69.1 Å². The van der Waals surface area contributed by atoms with Gasteiger partial charge in [-0.25, -0.2) is 18.7 Å². The van der Waals surface area contributed by atoms with Crippen LogP contribution in [0.15, 0.2) is 41.7 Å². The van der Waals surface area contributed by atoms with Crippen molar-refractivity contribution in [2.45, 2.75) is 64.3 Å². The summed E-state index contributed by atoms with van der Waals surface area (Å²) < 4.78 is 42.9. The summed E-state index contributed by atoms with van der Waals surface area (Å²) in [6.07, 6.45) is 5.59. The third-order valence-corrected chi connectivity index (χ3v) is 7.00. The molecule has 1 aliphatic carbocycles. The molecule has 4 heterocycles. The first-order valence-electron chi connectivity index (χ1n) is 11.9. The molecule has 0 aromatic carbocycles. The third-order valence-electron chi connectivity index (χ3n) is 7.00. The molecule has 0 saturated heterocycles. The normalized spacial score (nSPS) is 18.2. The van der Waals surface area contributed by atoms with Crippen LogP contribution in [0.25, 0.3) is 11.2 Å². The van der Waals surface area contributed by atoms with Gasteiger partial charge in [-0.1, -0.05) is 0 Å². The molecule has 36 heavy (non-hydrogen) atoms. The molecule has 1 aliphatic rings. The lowest BCUT2D eigenvalue weighted by atomic mass is 9.75. The maximum Gasteiger partial charge on any atom is 0.282 e. The molecule has 4 aromatic rings. The van der Waals surface area contributed by atoms with Crippen LogP contribution in [0.3, 0.4) is 0 Å². The second-order valence-corrected chi connectivity index (χ2v) is 9.28. The monoisotopic (exact) mass is 494 g/mol. The number of rotatable bonds is 5. The van der Waals surface area contributed by atoms with Crippen LogP contribution in [0.1, 0.15) is 77.7 Å². The standard InChI is InChI=1S/C26H25F3N6O/c1-14-7-8-32-24(29)21(14)17-5-3-16(4-6-17)18-11-19-25(34-15(2)12-33-19)35(26(18)36)13-20-22(23(27)28)31-10-9-30-20/h7-12,16-17,23H,3-6,13H2,1-2H3. The van der Waals surface area contributed by atoms with Gasteiger partial charge in [0.25, 0.3) is 12.0 Å². The van der Waals surface area contributed by atoms with Gasteiger partial charge in [0.15, 0.2) is 5.65 Å². The molecule has 0 spiro atoms. The number of hydrogen-bond acceptors (Lipinski definition) is 6. The van der Waals surface area contributed by atoms with E-state index in [1.54, 1.807) is 19.2 Å². The minimum absolute atomic E-state index is 0.0163. The van der Waals surface area contributed by atoms with Gasteiger partial charge in [0.05, 0.1) is 17.9 Å². The molecule has 0 N–H and O–H groups in total. The molecule has 4 aromatic heterocycles. The van der Waals surface area contributed by atoms with Gasteiger partial charge in [0.1, 0.15) is 11.2 Å². The second kappa shape index (κ2) is 9.75. The fourth-order valence-corrected chi connectivity index (χ4v) is 5.23. The molecule has 0 unspecified atom stereocenters. The Hall–Kier alpha value is -3.69. The largest absolute Gasteiger partial charge is 0.285 e. The molecule has 0 amide bonds. The van der Waals surface area contributed by atoms with Crippen LogP contribution in [0.4, 0.5) is 13.2 Å². The fraction of sp³-hybridized carbons (Fsp3) is 0.385. The Labute approximate surface area is 205 Å². The van der Waals surface area contributed by atoms with Gasteiger partial charge in [0.2, 0.25) is 5.95 Å². The average Bonchev–Trinajstić information content (AvgIpc) is 2.86. The molecule has 0 atom stereocenters. The number of nitrogens with zero attached hydrogens (tertiary/aromatic N) is 6. The Balaban J connectivity index is 1.52. The van der Waals surface area contributed by atoms with Gasteiger partial charge < -0.3 is 0 Å². The number of aromatic nitrogens is 6. The van der Waals surface area contributed by atoms with Crippen molar-refractivity contribution in [3.63, 3.8) is 0 Å². The van der Waals surface area contributed by atoms with E-state index in [0.29, 0.717) is 53.7 Å². The van der Waals surface area contributed by atoms with E-state index >= 15 is 0 Å². The Morgan fingerprint density at radius 1 is 1.00 bits per heavy atom. The number of alkyl halides is 2. The summed E-state index contributed by atoms with van der Waals surface area (Å²) in [5.41, 5.74) is 2.76.